The minimum absolute atomic E-state index is 0.145. The highest BCUT2D eigenvalue weighted by Gasteiger charge is 2.00. The predicted octanol–water partition coefficient (Wildman–Crippen LogP) is 2.91. The summed E-state index contributed by atoms with van der Waals surface area (Å²) in [6.07, 6.45) is 5.45. The summed E-state index contributed by atoms with van der Waals surface area (Å²) in [5, 5.41) is 0. The molecule has 70 valence electrons. The molecule has 1 aromatic rings. The topological polar surface area (TPSA) is 30.2 Å². The summed E-state index contributed by atoms with van der Waals surface area (Å²) in [4.78, 5) is 11.2. The first-order valence-electron chi connectivity index (χ1n) is 4.43. The van der Waals surface area contributed by atoms with Crippen LogP contribution in [0.2, 0.25) is 0 Å². The van der Waals surface area contributed by atoms with Gasteiger partial charge in [-0.05, 0) is 30.2 Å². The van der Waals surface area contributed by atoms with Gasteiger partial charge in [0, 0.05) is 6.42 Å². The first kappa shape index (κ1) is 9.78. The van der Waals surface area contributed by atoms with E-state index < -0.39 is 0 Å². The van der Waals surface area contributed by atoms with Crippen molar-refractivity contribution in [1.82, 2.24) is 0 Å². The van der Waals surface area contributed by atoms with Crippen LogP contribution >= 0.6 is 0 Å². The molecule has 0 amide bonds. The van der Waals surface area contributed by atoms with Gasteiger partial charge >= 0.3 is 0 Å². The van der Waals surface area contributed by atoms with E-state index >= 15 is 0 Å². The highest BCUT2D eigenvalue weighted by Crippen LogP contribution is 2.05. The van der Waals surface area contributed by atoms with Gasteiger partial charge in [-0.25, -0.2) is 0 Å². The maximum absolute atomic E-state index is 11.2. The van der Waals surface area contributed by atoms with Gasteiger partial charge in [0.05, 0.1) is 6.26 Å². The fourth-order valence-electron chi connectivity index (χ4n) is 1.03. The number of rotatable bonds is 4. The van der Waals surface area contributed by atoms with Crippen LogP contribution in [0, 0.1) is 5.92 Å². The first-order valence-corrected chi connectivity index (χ1v) is 4.43. The SMILES string of the molecule is CC(C)CC(=O)C=Cc1ccco1. The molecule has 0 fully saturated rings. The average Bonchev–Trinajstić information content (AvgIpc) is 2.51. The molecule has 0 aliphatic rings. The van der Waals surface area contributed by atoms with Crippen LogP contribution in [0.1, 0.15) is 26.0 Å². The minimum Gasteiger partial charge on any atom is -0.465 e. The normalized spacial score (nSPS) is 11.3. The van der Waals surface area contributed by atoms with Crippen LogP contribution in [-0.2, 0) is 4.79 Å². The quantitative estimate of drug-likeness (QED) is 0.663. The third-order valence-corrected chi connectivity index (χ3v) is 1.59. The molecule has 0 saturated carbocycles. The largest absolute Gasteiger partial charge is 0.465 e. The van der Waals surface area contributed by atoms with Gasteiger partial charge in [0.25, 0.3) is 0 Å². The predicted molar refractivity (Wildman–Crippen MR) is 52.2 cm³/mol. The molecule has 0 aromatic carbocycles. The van der Waals surface area contributed by atoms with Gasteiger partial charge in [0.1, 0.15) is 5.76 Å². The van der Waals surface area contributed by atoms with Crippen molar-refractivity contribution in [2.45, 2.75) is 20.3 Å². The Labute approximate surface area is 78.3 Å². The Kier molecular flexibility index (Phi) is 3.50. The number of carbonyl (C=O) groups is 1. The van der Waals surface area contributed by atoms with Crippen molar-refractivity contribution in [3.63, 3.8) is 0 Å². The number of allylic oxidation sites excluding steroid dienone is 1. The fraction of sp³-hybridized carbons (Fsp3) is 0.364. The lowest BCUT2D eigenvalue weighted by atomic mass is 10.1. The number of carbonyl (C=O) groups excluding carboxylic acids is 1. The molecule has 0 radical (unpaired) electrons. The number of furan rings is 1. The summed E-state index contributed by atoms with van der Waals surface area (Å²) in [6.45, 7) is 4.05. The van der Waals surface area contributed by atoms with E-state index in [0.29, 0.717) is 12.3 Å². The molecule has 0 bridgehead atoms. The summed E-state index contributed by atoms with van der Waals surface area (Å²) < 4.78 is 5.05. The number of ketones is 1. The van der Waals surface area contributed by atoms with Crippen LogP contribution in [0.4, 0.5) is 0 Å². The minimum atomic E-state index is 0.145. The Hall–Kier alpha value is -1.31. The second kappa shape index (κ2) is 4.65. The zero-order valence-electron chi connectivity index (χ0n) is 7.99. The lowest BCUT2D eigenvalue weighted by molar-refractivity contribution is -0.115. The maximum atomic E-state index is 11.2. The standard InChI is InChI=1S/C11H14O2/c1-9(2)8-10(12)5-6-11-4-3-7-13-11/h3-7,9H,8H2,1-2H3. The summed E-state index contributed by atoms with van der Waals surface area (Å²) in [5.41, 5.74) is 0. The van der Waals surface area contributed by atoms with Crippen LogP contribution in [0.25, 0.3) is 6.08 Å². The lowest BCUT2D eigenvalue weighted by Crippen LogP contribution is -1.97. The summed E-state index contributed by atoms with van der Waals surface area (Å²) in [6, 6.07) is 3.62. The molecule has 0 atom stereocenters. The zero-order chi connectivity index (χ0) is 9.68. The van der Waals surface area contributed by atoms with E-state index in [9.17, 15) is 4.79 Å². The van der Waals surface area contributed by atoms with E-state index in [4.69, 9.17) is 4.42 Å². The van der Waals surface area contributed by atoms with Gasteiger partial charge < -0.3 is 4.42 Å². The van der Waals surface area contributed by atoms with Crippen molar-refractivity contribution in [2.24, 2.45) is 5.92 Å². The fourth-order valence-corrected chi connectivity index (χ4v) is 1.03. The van der Waals surface area contributed by atoms with E-state index in [0.717, 1.165) is 5.76 Å². The Morgan fingerprint density at radius 2 is 2.38 bits per heavy atom. The van der Waals surface area contributed by atoms with E-state index in [1.165, 1.54) is 0 Å². The third-order valence-electron chi connectivity index (χ3n) is 1.59. The average molecular weight is 178 g/mol. The molecule has 13 heavy (non-hydrogen) atoms. The third kappa shape index (κ3) is 3.74. The molecular formula is C11H14O2. The second-order valence-corrected chi connectivity index (χ2v) is 3.41. The molecule has 1 rings (SSSR count). The maximum Gasteiger partial charge on any atom is 0.156 e. The van der Waals surface area contributed by atoms with E-state index in [1.54, 1.807) is 24.5 Å². The highest BCUT2D eigenvalue weighted by molar-refractivity contribution is 5.93. The Balaban J connectivity index is 2.44. The first-order chi connectivity index (χ1) is 6.18. The molecular weight excluding hydrogens is 164 g/mol. The van der Waals surface area contributed by atoms with E-state index in [-0.39, 0.29) is 5.78 Å². The molecule has 1 heterocycles. The van der Waals surface area contributed by atoms with Gasteiger partial charge in [-0.2, -0.15) is 0 Å². The van der Waals surface area contributed by atoms with Gasteiger partial charge in [0.2, 0.25) is 0 Å². The van der Waals surface area contributed by atoms with Crippen LogP contribution in [0.3, 0.4) is 0 Å². The molecule has 0 aliphatic carbocycles. The molecule has 1 aromatic heterocycles. The molecule has 0 unspecified atom stereocenters. The monoisotopic (exact) mass is 178 g/mol. The van der Waals surface area contributed by atoms with Crippen LogP contribution < -0.4 is 0 Å². The Morgan fingerprint density at radius 1 is 1.62 bits per heavy atom. The Bertz CT molecular complexity index is 281. The molecule has 0 N–H and O–H groups in total. The van der Waals surface area contributed by atoms with Gasteiger partial charge in [-0.1, -0.05) is 13.8 Å². The molecule has 0 spiro atoms. The van der Waals surface area contributed by atoms with E-state index in [1.807, 2.05) is 19.9 Å². The van der Waals surface area contributed by atoms with Crippen LogP contribution in [0.5, 0.6) is 0 Å². The lowest BCUT2D eigenvalue weighted by Gasteiger charge is -1.97. The summed E-state index contributed by atoms with van der Waals surface area (Å²) in [5.74, 6) is 1.28. The molecule has 0 saturated heterocycles. The van der Waals surface area contributed by atoms with Crippen molar-refractivity contribution in [2.75, 3.05) is 0 Å². The molecule has 0 aliphatic heterocycles. The molecule has 2 heteroatoms. The van der Waals surface area contributed by atoms with Crippen molar-refractivity contribution >= 4 is 11.9 Å². The molecule has 2 nitrogen and oxygen atoms in total. The van der Waals surface area contributed by atoms with Gasteiger partial charge in [-0.15, -0.1) is 0 Å². The van der Waals surface area contributed by atoms with Crippen molar-refractivity contribution in [3.05, 3.63) is 30.2 Å². The number of hydrogen-bond donors (Lipinski definition) is 0. The zero-order valence-corrected chi connectivity index (χ0v) is 7.99. The summed E-state index contributed by atoms with van der Waals surface area (Å²) in [7, 11) is 0. The Morgan fingerprint density at radius 3 is 2.92 bits per heavy atom. The summed E-state index contributed by atoms with van der Waals surface area (Å²) >= 11 is 0. The van der Waals surface area contributed by atoms with Crippen molar-refractivity contribution in [1.29, 1.82) is 0 Å². The van der Waals surface area contributed by atoms with Crippen molar-refractivity contribution < 1.29 is 9.21 Å². The van der Waals surface area contributed by atoms with Crippen LogP contribution in [-0.4, -0.2) is 5.78 Å². The highest BCUT2D eigenvalue weighted by atomic mass is 16.3. The van der Waals surface area contributed by atoms with Gasteiger partial charge in [-0.3, -0.25) is 4.79 Å². The van der Waals surface area contributed by atoms with E-state index in [2.05, 4.69) is 0 Å². The number of hydrogen-bond acceptors (Lipinski definition) is 2. The van der Waals surface area contributed by atoms with Gasteiger partial charge in [0.15, 0.2) is 5.78 Å². The van der Waals surface area contributed by atoms with Crippen molar-refractivity contribution in [3.8, 4) is 0 Å². The van der Waals surface area contributed by atoms with Crippen LogP contribution in [0.15, 0.2) is 28.9 Å². The smallest absolute Gasteiger partial charge is 0.156 e. The second-order valence-electron chi connectivity index (χ2n) is 3.41.